The summed E-state index contributed by atoms with van der Waals surface area (Å²) in [5.74, 6) is 0. The van der Waals surface area contributed by atoms with Crippen LogP contribution in [0.5, 0.6) is 0 Å². The van der Waals surface area contributed by atoms with Gasteiger partial charge in [-0.2, -0.15) is 5.10 Å². The Morgan fingerprint density at radius 2 is 1.74 bits per heavy atom. The second kappa shape index (κ2) is 5.57. The topological polar surface area (TPSA) is 43.8 Å². The van der Waals surface area contributed by atoms with Gasteiger partial charge in [0.05, 0.1) is 11.9 Å². The summed E-state index contributed by atoms with van der Waals surface area (Å²) in [6.07, 6.45) is 3.99. The number of nitrogens with two attached hydrogens (primary N) is 1. The van der Waals surface area contributed by atoms with Crippen molar-refractivity contribution in [3.63, 3.8) is 0 Å². The second-order valence-electron chi connectivity index (χ2n) is 5.31. The SMILES string of the molecule is Cc1cc(C)c(-n2ncc(CCCN)c2C)c(C)c1. The molecule has 2 N–H and O–H groups in total. The fourth-order valence-corrected chi connectivity index (χ4v) is 2.71. The lowest BCUT2D eigenvalue weighted by molar-refractivity contribution is 0.810. The average Bonchev–Trinajstić information content (AvgIpc) is 2.68. The Hall–Kier alpha value is -1.61. The average molecular weight is 257 g/mol. The molecule has 0 saturated heterocycles. The Morgan fingerprint density at radius 1 is 1.11 bits per heavy atom. The van der Waals surface area contributed by atoms with Crippen molar-refractivity contribution in [2.75, 3.05) is 6.54 Å². The monoisotopic (exact) mass is 257 g/mol. The van der Waals surface area contributed by atoms with Crippen LogP contribution in [0.3, 0.4) is 0 Å². The largest absolute Gasteiger partial charge is 0.330 e. The first kappa shape index (κ1) is 13.8. The highest BCUT2D eigenvalue weighted by molar-refractivity contribution is 5.50. The lowest BCUT2D eigenvalue weighted by Gasteiger charge is -2.13. The molecule has 0 amide bonds. The van der Waals surface area contributed by atoms with Gasteiger partial charge in [-0.25, -0.2) is 4.68 Å². The minimum absolute atomic E-state index is 0.729. The van der Waals surface area contributed by atoms with Crippen molar-refractivity contribution in [2.24, 2.45) is 5.73 Å². The first-order valence-corrected chi connectivity index (χ1v) is 6.86. The standard InChI is InChI=1S/C16H23N3/c1-11-8-12(2)16(13(3)9-11)19-14(4)15(10-18-19)6-5-7-17/h8-10H,5-7,17H2,1-4H3. The van der Waals surface area contributed by atoms with E-state index in [-0.39, 0.29) is 0 Å². The third-order valence-electron chi connectivity index (χ3n) is 3.61. The highest BCUT2D eigenvalue weighted by Gasteiger charge is 2.12. The van der Waals surface area contributed by atoms with Crippen molar-refractivity contribution >= 4 is 0 Å². The number of benzene rings is 1. The Kier molecular flexibility index (Phi) is 4.05. The molecule has 2 rings (SSSR count). The van der Waals surface area contributed by atoms with Crippen molar-refractivity contribution in [2.45, 2.75) is 40.5 Å². The Bertz CT molecular complexity index is 559. The molecule has 0 aliphatic heterocycles. The predicted molar refractivity (Wildman–Crippen MR) is 79.9 cm³/mol. The van der Waals surface area contributed by atoms with E-state index in [1.165, 1.54) is 33.6 Å². The van der Waals surface area contributed by atoms with Gasteiger partial charge >= 0.3 is 0 Å². The Morgan fingerprint density at radius 3 is 2.32 bits per heavy atom. The molecule has 19 heavy (non-hydrogen) atoms. The van der Waals surface area contributed by atoms with Gasteiger partial charge in [0.25, 0.3) is 0 Å². The van der Waals surface area contributed by atoms with Gasteiger partial charge in [-0.1, -0.05) is 17.7 Å². The molecule has 1 aromatic heterocycles. The van der Waals surface area contributed by atoms with Gasteiger partial charge in [0.2, 0.25) is 0 Å². The molecule has 0 aliphatic rings. The van der Waals surface area contributed by atoms with Crippen LogP contribution in [-0.2, 0) is 6.42 Å². The molecule has 0 spiro atoms. The minimum Gasteiger partial charge on any atom is -0.330 e. The number of nitrogens with zero attached hydrogens (tertiary/aromatic N) is 2. The molecule has 0 bridgehead atoms. The molecule has 0 atom stereocenters. The molecule has 3 nitrogen and oxygen atoms in total. The number of aromatic nitrogens is 2. The first-order valence-electron chi connectivity index (χ1n) is 6.86. The molecule has 0 radical (unpaired) electrons. The van der Waals surface area contributed by atoms with Crippen LogP contribution < -0.4 is 5.73 Å². The highest BCUT2D eigenvalue weighted by Crippen LogP contribution is 2.23. The first-order chi connectivity index (χ1) is 9.04. The molecular formula is C16H23N3. The maximum Gasteiger partial charge on any atom is 0.0707 e. The van der Waals surface area contributed by atoms with Crippen molar-refractivity contribution in [1.82, 2.24) is 9.78 Å². The third-order valence-corrected chi connectivity index (χ3v) is 3.61. The van der Waals surface area contributed by atoms with E-state index in [1.807, 2.05) is 6.20 Å². The van der Waals surface area contributed by atoms with Crippen molar-refractivity contribution in [3.8, 4) is 5.69 Å². The molecule has 102 valence electrons. The molecule has 0 saturated carbocycles. The number of rotatable bonds is 4. The summed E-state index contributed by atoms with van der Waals surface area (Å²) in [6.45, 7) is 9.29. The van der Waals surface area contributed by atoms with Crippen LogP contribution >= 0.6 is 0 Å². The summed E-state index contributed by atoms with van der Waals surface area (Å²) in [5.41, 5.74) is 13.2. The summed E-state index contributed by atoms with van der Waals surface area (Å²) >= 11 is 0. The van der Waals surface area contributed by atoms with Gasteiger partial charge in [-0.15, -0.1) is 0 Å². The summed E-state index contributed by atoms with van der Waals surface area (Å²) in [6, 6.07) is 4.42. The van der Waals surface area contributed by atoms with Gasteiger partial charge in [-0.3, -0.25) is 0 Å². The molecule has 0 unspecified atom stereocenters. The smallest absolute Gasteiger partial charge is 0.0707 e. The van der Waals surface area contributed by atoms with Crippen LogP contribution in [0.15, 0.2) is 18.3 Å². The molecule has 0 aliphatic carbocycles. The molecule has 2 aromatic rings. The zero-order valence-electron chi connectivity index (χ0n) is 12.3. The van der Waals surface area contributed by atoms with E-state index in [9.17, 15) is 0 Å². The van der Waals surface area contributed by atoms with Crippen molar-refractivity contribution in [1.29, 1.82) is 0 Å². The van der Waals surface area contributed by atoms with Gasteiger partial charge < -0.3 is 5.73 Å². The van der Waals surface area contributed by atoms with Crippen LogP contribution in [0.4, 0.5) is 0 Å². The van der Waals surface area contributed by atoms with E-state index >= 15 is 0 Å². The second-order valence-corrected chi connectivity index (χ2v) is 5.31. The van der Waals surface area contributed by atoms with Crippen LogP contribution in [0.25, 0.3) is 5.69 Å². The van der Waals surface area contributed by atoms with E-state index < -0.39 is 0 Å². The van der Waals surface area contributed by atoms with Crippen molar-refractivity contribution in [3.05, 3.63) is 46.3 Å². The summed E-state index contributed by atoms with van der Waals surface area (Å²) in [7, 11) is 0. The number of hydrogen-bond donors (Lipinski definition) is 1. The van der Waals surface area contributed by atoms with E-state index in [1.54, 1.807) is 0 Å². The van der Waals surface area contributed by atoms with Gasteiger partial charge in [0.1, 0.15) is 0 Å². The third kappa shape index (κ3) is 2.71. The number of hydrogen-bond acceptors (Lipinski definition) is 2. The van der Waals surface area contributed by atoms with Crippen LogP contribution in [0, 0.1) is 27.7 Å². The zero-order chi connectivity index (χ0) is 14.0. The number of aryl methyl sites for hydroxylation is 4. The Balaban J connectivity index is 2.45. The fourth-order valence-electron chi connectivity index (χ4n) is 2.71. The van der Waals surface area contributed by atoms with Crippen LogP contribution in [0.2, 0.25) is 0 Å². The van der Waals surface area contributed by atoms with E-state index in [0.29, 0.717) is 0 Å². The summed E-state index contributed by atoms with van der Waals surface area (Å²) in [4.78, 5) is 0. The Labute approximate surface area is 115 Å². The quantitative estimate of drug-likeness (QED) is 0.915. The maximum absolute atomic E-state index is 5.58. The molecule has 1 heterocycles. The normalized spacial score (nSPS) is 11.0. The van der Waals surface area contributed by atoms with Gasteiger partial charge in [0.15, 0.2) is 0 Å². The molecule has 3 heteroatoms. The minimum atomic E-state index is 0.729. The van der Waals surface area contributed by atoms with E-state index in [4.69, 9.17) is 5.73 Å². The van der Waals surface area contributed by atoms with Crippen LogP contribution in [0.1, 0.15) is 34.4 Å². The van der Waals surface area contributed by atoms with E-state index in [2.05, 4.69) is 49.6 Å². The molecule has 1 aromatic carbocycles. The summed E-state index contributed by atoms with van der Waals surface area (Å²) < 4.78 is 2.07. The van der Waals surface area contributed by atoms with E-state index in [0.717, 1.165) is 19.4 Å². The molecule has 0 fully saturated rings. The van der Waals surface area contributed by atoms with Gasteiger partial charge in [0, 0.05) is 5.69 Å². The fraction of sp³-hybridized carbons (Fsp3) is 0.438. The molecular weight excluding hydrogens is 234 g/mol. The van der Waals surface area contributed by atoms with Crippen LogP contribution in [-0.4, -0.2) is 16.3 Å². The highest BCUT2D eigenvalue weighted by atomic mass is 15.3. The lowest BCUT2D eigenvalue weighted by atomic mass is 10.0. The summed E-state index contributed by atoms with van der Waals surface area (Å²) in [5, 5.41) is 4.57. The predicted octanol–water partition coefficient (Wildman–Crippen LogP) is 3.00. The van der Waals surface area contributed by atoms with Crippen molar-refractivity contribution < 1.29 is 0 Å². The maximum atomic E-state index is 5.58. The van der Waals surface area contributed by atoms with Gasteiger partial charge in [-0.05, 0) is 63.8 Å². The zero-order valence-corrected chi connectivity index (χ0v) is 12.3. The lowest BCUT2D eigenvalue weighted by Crippen LogP contribution is -2.05.